The zero-order valence-electron chi connectivity index (χ0n) is 13.2. The molecule has 0 spiro atoms. The van der Waals surface area contributed by atoms with Crippen molar-refractivity contribution < 1.29 is 19.1 Å². The largest absolute Gasteiger partial charge is 0.496 e. The van der Waals surface area contributed by atoms with Crippen LogP contribution in [0.2, 0.25) is 5.02 Å². The first-order valence-electron chi connectivity index (χ1n) is 6.93. The fourth-order valence-corrected chi connectivity index (χ4v) is 2.54. The van der Waals surface area contributed by atoms with Crippen LogP contribution in [0.4, 0.5) is 5.69 Å². The summed E-state index contributed by atoms with van der Waals surface area (Å²) in [5.41, 5.74) is 6.54. The van der Waals surface area contributed by atoms with Crippen molar-refractivity contribution >= 4 is 40.8 Å². The van der Waals surface area contributed by atoms with E-state index in [0.29, 0.717) is 5.56 Å². The van der Waals surface area contributed by atoms with Crippen molar-refractivity contribution in [2.24, 2.45) is 0 Å². The Morgan fingerprint density at radius 3 is 2.46 bits per heavy atom. The third-order valence-electron chi connectivity index (χ3n) is 3.29. The molecule has 0 amide bonds. The Hall–Kier alpha value is -2.18. The molecule has 2 aromatic carbocycles. The first-order chi connectivity index (χ1) is 11.5. The number of ketones is 1. The predicted octanol–water partition coefficient (Wildman–Crippen LogP) is 3.69. The normalized spacial score (nSPS) is 10.3. The molecular formula is C17H16ClNO4S. The molecule has 0 heterocycles. The number of rotatable bonds is 6. The van der Waals surface area contributed by atoms with Crippen molar-refractivity contribution in [3.05, 3.63) is 52.5 Å². The van der Waals surface area contributed by atoms with Gasteiger partial charge in [-0.15, -0.1) is 11.8 Å². The van der Waals surface area contributed by atoms with Gasteiger partial charge in [0.15, 0.2) is 12.4 Å². The summed E-state index contributed by atoms with van der Waals surface area (Å²) in [5.74, 6) is -0.766. The van der Waals surface area contributed by atoms with Crippen LogP contribution in [-0.2, 0) is 4.74 Å². The minimum Gasteiger partial charge on any atom is -0.496 e. The molecule has 0 saturated carbocycles. The standard InChI is InChI=1S/C17H16ClNO4S/c1-22-16-8-14(19)13(18)7-12(16)17(21)23-9-15(20)10-3-5-11(24-2)6-4-10/h3-8H,9,19H2,1-2H3. The summed E-state index contributed by atoms with van der Waals surface area (Å²) in [6, 6.07) is 9.86. The zero-order valence-corrected chi connectivity index (χ0v) is 14.7. The number of thioether (sulfide) groups is 1. The number of ether oxygens (including phenoxy) is 2. The summed E-state index contributed by atoms with van der Waals surface area (Å²) >= 11 is 7.49. The number of nitrogen functional groups attached to an aromatic ring is 1. The van der Waals surface area contributed by atoms with E-state index in [-0.39, 0.29) is 34.4 Å². The number of benzene rings is 2. The summed E-state index contributed by atoms with van der Waals surface area (Å²) in [6.45, 7) is -0.372. The molecule has 0 fully saturated rings. The molecule has 2 rings (SSSR count). The van der Waals surface area contributed by atoms with Gasteiger partial charge >= 0.3 is 5.97 Å². The quantitative estimate of drug-likeness (QED) is 0.364. The average Bonchev–Trinajstić information content (AvgIpc) is 2.61. The maximum absolute atomic E-state index is 12.2. The minimum atomic E-state index is -0.706. The first-order valence-corrected chi connectivity index (χ1v) is 8.54. The maximum atomic E-state index is 12.2. The number of carbonyl (C=O) groups is 2. The zero-order chi connectivity index (χ0) is 17.7. The van der Waals surface area contributed by atoms with Gasteiger partial charge in [-0.05, 0) is 24.5 Å². The number of nitrogens with two attached hydrogens (primary N) is 1. The highest BCUT2D eigenvalue weighted by atomic mass is 35.5. The van der Waals surface area contributed by atoms with Crippen LogP contribution in [-0.4, -0.2) is 31.7 Å². The molecule has 0 saturated heterocycles. The number of Topliss-reactive ketones (excluding diaryl/α,β-unsaturated/α-hetero) is 1. The molecule has 0 unspecified atom stereocenters. The number of methoxy groups -OCH3 is 1. The van der Waals surface area contributed by atoms with E-state index < -0.39 is 5.97 Å². The monoisotopic (exact) mass is 365 g/mol. The highest BCUT2D eigenvalue weighted by Gasteiger charge is 2.18. The summed E-state index contributed by atoms with van der Waals surface area (Å²) in [5, 5.41) is 0.210. The SMILES string of the molecule is COc1cc(N)c(Cl)cc1C(=O)OCC(=O)c1ccc(SC)cc1. The molecule has 2 aromatic rings. The van der Waals surface area contributed by atoms with Crippen LogP contribution >= 0.6 is 23.4 Å². The summed E-state index contributed by atoms with van der Waals surface area (Å²) in [4.78, 5) is 25.3. The summed E-state index contributed by atoms with van der Waals surface area (Å²) in [7, 11) is 1.40. The molecule has 0 bridgehead atoms. The third kappa shape index (κ3) is 4.21. The van der Waals surface area contributed by atoms with Gasteiger partial charge in [0.05, 0.1) is 17.8 Å². The number of carbonyl (C=O) groups excluding carboxylic acids is 2. The molecule has 0 aliphatic carbocycles. The van der Waals surface area contributed by atoms with E-state index in [4.69, 9.17) is 26.8 Å². The molecule has 0 aliphatic heterocycles. The van der Waals surface area contributed by atoms with Crippen molar-refractivity contribution in [2.45, 2.75) is 4.90 Å². The number of esters is 1. The van der Waals surface area contributed by atoms with E-state index >= 15 is 0 Å². The van der Waals surface area contributed by atoms with Gasteiger partial charge < -0.3 is 15.2 Å². The van der Waals surface area contributed by atoms with E-state index in [9.17, 15) is 9.59 Å². The lowest BCUT2D eigenvalue weighted by Gasteiger charge is -2.10. The van der Waals surface area contributed by atoms with E-state index in [1.807, 2.05) is 18.4 Å². The fraction of sp³-hybridized carbons (Fsp3) is 0.176. The van der Waals surface area contributed by atoms with Gasteiger partial charge in [-0.3, -0.25) is 4.79 Å². The van der Waals surface area contributed by atoms with Crippen LogP contribution in [0.5, 0.6) is 5.75 Å². The fourth-order valence-electron chi connectivity index (χ4n) is 1.97. The van der Waals surface area contributed by atoms with Crippen molar-refractivity contribution in [3.63, 3.8) is 0 Å². The molecule has 0 radical (unpaired) electrons. The van der Waals surface area contributed by atoms with Crippen LogP contribution in [0.15, 0.2) is 41.3 Å². The van der Waals surface area contributed by atoms with Gasteiger partial charge in [-0.25, -0.2) is 4.79 Å². The van der Waals surface area contributed by atoms with E-state index in [1.54, 1.807) is 23.9 Å². The third-order valence-corrected chi connectivity index (χ3v) is 4.36. The number of hydrogen-bond donors (Lipinski definition) is 1. The second-order valence-electron chi connectivity index (χ2n) is 4.80. The number of halogens is 1. The predicted molar refractivity (Wildman–Crippen MR) is 95.3 cm³/mol. The van der Waals surface area contributed by atoms with Gasteiger partial charge in [-0.1, -0.05) is 23.7 Å². The molecule has 5 nitrogen and oxygen atoms in total. The summed E-state index contributed by atoms with van der Waals surface area (Å²) < 4.78 is 10.2. The molecular weight excluding hydrogens is 350 g/mol. The van der Waals surface area contributed by atoms with Crippen molar-refractivity contribution in [1.82, 2.24) is 0 Å². The Balaban J connectivity index is 2.07. The Morgan fingerprint density at radius 1 is 1.21 bits per heavy atom. The highest BCUT2D eigenvalue weighted by Crippen LogP contribution is 2.29. The van der Waals surface area contributed by atoms with Gasteiger partial charge in [-0.2, -0.15) is 0 Å². The lowest BCUT2D eigenvalue weighted by Crippen LogP contribution is -2.15. The molecule has 0 aliphatic rings. The van der Waals surface area contributed by atoms with E-state index in [1.165, 1.54) is 19.2 Å². The van der Waals surface area contributed by atoms with Crippen LogP contribution in [0.25, 0.3) is 0 Å². The van der Waals surface area contributed by atoms with Crippen LogP contribution < -0.4 is 10.5 Å². The molecule has 0 aromatic heterocycles. The van der Waals surface area contributed by atoms with E-state index in [2.05, 4.69) is 0 Å². The molecule has 2 N–H and O–H groups in total. The highest BCUT2D eigenvalue weighted by molar-refractivity contribution is 7.98. The Bertz CT molecular complexity index is 762. The summed E-state index contributed by atoms with van der Waals surface area (Å²) in [6.07, 6.45) is 1.95. The molecule has 7 heteroatoms. The second-order valence-corrected chi connectivity index (χ2v) is 6.09. The smallest absolute Gasteiger partial charge is 0.342 e. The van der Waals surface area contributed by atoms with Crippen molar-refractivity contribution in [2.75, 3.05) is 25.7 Å². The Labute approximate surface area is 149 Å². The maximum Gasteiger partial charge on any atom is 0.342 e. The van der Waals surface area contributed by atoms with Crippen LogP contribution in [0.1, 0.15) is 20.7 Å². The van der Waals surface area contributed by atoms with Gasteiger partial charge in [0.1, 0.15) is 11.3 Å². The van der Waals surface area contributed by atoms with Crippen molar-refractivity contribution in [1.29, 1.82) is 0 Å². The lowest BCUT2D eigenvalue weighted by atomic mass is 10.1. The average molecular weight is 366 g/mol. The van der Waals surface area contributed by atoms with Crippen LogP contribution in [0.3, 0.4) is 0 Å². The minimum absolute atomic E-state index is 0.113. The Kier molecular flexibility index (Phi) is 6.11. The first kappa shape index (κ1) is 18.2. The van der Waals surface area contributed by atoms with Gasteiger partial charge in [0, 0.05) is 16.5 Å². The number of anilines is 1. The number of hydrogen-bond acceptors (Lipinski definition) is 6. The topological polar surface area (TPSA) is 78.6 Å². The van der Waals surface area contributed by atoms with Crippen molar-refractivity contribution in [3.8, 4) is 5.75 Å². The Morgan fingerprint density at radius 2 is 1.88 bits per heavy atom. The van der Waals surface area contributed by atoms with Gasteiger partial charge in [0.25, 0.3) is 0 Å². The van der Waals surface area contributed by atoms with E-state index in [0.717, 1.165) is 4.90 Å². The molecule has 126 valence electrons. The second kappa shape index (κ2) is 8.08. The lowest BCUT2D eigenvalue weighted by molar-refractivity contribution is 0.0471. The molecule has 0 atom stereocenters. The van der Waals surface area contributed by atoms with Crippen LogP contribution in [0, 0.1) is 0 Å². The van der Waals surface area contributed by atoms with Gasteiger partial charge in [0.2, 0.25) is 0 Å². The molecule has 24 heavy (non-hydrogen) atoms.